The number of amides is 1. The van der Waals surface area contributed by atoms with Gasteiger partial charge in [0.25, 0.3) is 5.56 Å². The molecule has 0 aliphatic heterocycles. The molecule has 31 heavy (non-hydrogen) atoms. The van der Waals surface area contributed by atoms with Gasteiger partial charge in [-0.3, -0.25) is 18.7 Å². The van der Waals surface area contributed by atoms with Gasteiger partial charge >= 0.3 is 5.69 Å². The molecule has 0 spiro atoms. The lowest BCUT2D eigenvalue weighted by Gasteiger charge is -2.13. The number of rotatable bonds is 8. The van der Waals surface area contributed by atoms with Gasteiger partial charge in [-0.05, 0) is 37.1 Å². The molecule has 0 bridgehead atoms. The molecular formula is C21H28N4O5S. The molecule has 2 N–H and O–H groups in total. The summed E-state index contributed by atoms with van der Waals surface area (Å²) in [5.74, 6) is 0.233. The van der Waals surface area contributed by atoms with E-state index in [0.29, 0.717) is 30.5 Å². The molecule has 168 valence electrons. The normalized spacial score (nSPS) is 11.6. The largest absolute Gasteiger partial charge is 0.494 e. The molecule has 0 radical (unpaired) electrons. The monoisotopic (exact) mass is 448 g/mol. The van der Waals surface area contributed by atoms with Crippen LogP contribution in [0.1, 0.15) is 26.3 Å². The highest BCUT2D eigenvalue weighted by Gasteiger charge is 2.21. The fraction of sp³-hybridized carbons (Fsp3) is 0.429. The predicted molar refractivity (Wildman–Crippen MR) is 123 cm³/mol. The SMILES string of the molecule is CCOc1ccc(N=C(SCC(=O)NCC(C)C)c2c(O)n(C)c(=O)n(C)c2=O)cc1. The molecule has 1 amide bonds. The Bertz CT molecular complexity index is 1070. The minimum absolute atomic E-state index is 0.00593. The first-order valence-electron chi connectivity index (χ1n) is 9.86. The molecule has 0 atom stereocenters. The molecule has 1 aromatic carbocycles. The van der Waals surface area contributed by atoms with Crippen LogP contribution in [0.5, 0.6) is 11.6 Å². The summed E-state index contributed by atoms with van der Waals surface area (Å²) >= 11 is 1.01. The van der Waals surface area contributed by atoms with Crippen molar-refractivity contribution in [3.8, 4) is 11.6 Å². The highest BCUT2D eigenvalue weighted by Crippen LogP contribution is 2.24. The molecule has 1 heterocycles. The Morgan fingerprint density at radius 3 is 2.42 bits per heavy atom. The number of hydrogen-bond acceptors (Lipinski definition) is 7. The van der Waals surface area contributed by atoms with E-state index in [1.807, 2.05) is 20.8 Å². The Hall–Kier alpha value is -3.01. The molecule has 9 nitrogen and oxygen atoms in total. The molecule has 0 saturated carbocycles. The molecule has 0 saturated heterocycles. The first-order chi connectivity index (χ1) is 14.6. The predicted octanol–water partition coefficient (Wildman–Crippen LogP) is 1.77. The van der Waals surface area contributed by atoms with Crippen molar-refractivity contribution < 1.29 is 14.6 Å². The number of aromatic nitrogens is 2. The second-order valence-corrected chi connectivity index (χ2v) is 8.20. The number of ether oxygens (including phenoxy) is 1. The van der Waals surface area contributed by atoms with E-state index in [2.05, 4.69) is 10.3 Å². The maximum Gasteiger partial charge on any atom is 0.333 e. The van der Waals surface area contributed by atoms with Crippen molar-refractivity contribution in [2.45, 2.75) is 20.8 Å². The van der Waals surface area contributed by atoms with Crippen LogP contribution >= 0.6 is 11.8 Å². The van der Waals surface area contributed by atoms with E-state index in [9.17, 15) is 19.5 Å². The zero-order chi connectivity index (χ0) is 23.1. The summed E-state index contributed by atoms with van der Waals surface area (Å²) in [7, 11) is 2.68. The lowest BCUT2D eigenvalue weighted by molar-refractivity contribution is -0.118. The summed E-state index contributed by atoms with van der Waals surface area (Å²) in [5, 5.41) is 13.5. The average Bonchev–Trinajstić information content (AvgIpc) is 2.74. The third-order valence-electron chi connectivity index (χ3n) is 4.27. The van der Waals surface area contributed by atoms with Crippen molar-refractivity contribution in [3.63, 3.8) is 0 Å². The lowest BCUT2D eigenvalue weighted by Crippen LogP contribution is -2.40. The third kappa shape index (κ3) is 6.24. The molecule has 1 aromatic heterocycles. The smallest absolute Gasteiger partial charge is 0.333 e. The third-order valence-corrected chi connectivity index (χ3v) is 5.25. The molecule has 0 fully saturated rings. The van der Waals surface area contributed by atoms with Crippen molar-refractivity contribution >= 4 is 28.4 Å². The number of carbonyl (C=O) groups excluding carboxylic acids is 1. The van der Waals surface area contributed by atoms with E-state index in [1.54, 1.807) is 24.3 Å². The van der Waals surface area contributed by atoms with Gasteiger partial charge in [0.2, 0.25) is 11.8 Å². The lowest BCUT2D eigenvalue weighted by atomic mass is 10.2. The van der Waals surface area contributed by atoms with E-state index in [4.69, 9.17) is 4.74 Å². The highest BCUT2D eigenvalue weighted by atomic mass is 32.2. The Morgan fingerprint density at radius 2 is 1.84 bits per heavy atom. The molecule has 2 rings (SSSR count). The molecule has 0 unspecified atom stereocenters. The van der Waals surface area contributed by atoms with Gasteiger partial charge in [0.05, 0.1) is 18.0 Å². The van der Waals surface area contributed by atoms with Crippen molar-refractivity contribution in [2.24, 2.45) is 25.0 Å². The minimum Gasteiger partial charge on any atom is -0.494 e. The number of benzene rings is 1. The zero-order valence-electron chi connectivity index (χ0n) is 18.3. The van der Waals surface area contributed by atoms with Gasteiger partial charge in [0.1, 0.15) is 16.4 Å². The maximum absolute atomic E-state index is 12.8. The second-order valence-electron chi connectivity index (χ2n) is 7.23. The van der Waals surface area contributed by atoms with Crippen molar-refractivity contribution in [1.82, 2.24) is 14.5 Å². The average molecular weight is 449 g/mol. The first kappa shape index (κ1) is 24.3. The van der Waals surface area contributed by atoms with Crippen LogP contribution in [0.15, 0.2) is 38.8 Å². The van der Waals surface area contributed by atoms with Gasteiger partial charge in [-0.25, -0.2) is 9.79 Å². The first-order valence-corrected chi connectivity index (χ1v) is 10.8. The number of aliphatic imine (C=N–C) groups is 1. The summed E-state index contributed by atoms with van der Waals surface area (Å²) in [5.41, 5.74) is -0.990. The standard InChI is InChI=1S/C21H28N4O5S/c1-6-30-15-9-7-14(8-10-15)23-18(31-12-16(26)22-11-13(2)3)17-19(27)24(4)21(29)25(5)20(17)28/h7-10,13,27H,6,11-12H2,1-5H3,(H,22,26). The van der Waals surface area contributed by atoms with Crippen LogP contribution in [0.3, 0.4) is 0 Å². The highest BCUT2D eigenvalue weighted by molar-refractivity contribution is 8.15. The summed E-state index contributed by atoms with van der Waals surface area (Å²) in [6, 6.07) is 6.87. The van der Waals surface area contributed by atoms with Crippen LogP contribution in [-0.2, 0) is 18.9 Å². The van der Waals surface area contributed by atoms with Gasteiger partial charge in [-0.1, -0.05) is 25.6 Å². The Balaban J connectivity index is 2.47. The molecular weight excluding hydrogens is 420 g/mol. The topological polar surface area (TPSA) is 115 Å². The van der Waals surface area contributed by atoms with Gasteiger partial charge in [-0.2, -0.15) is 0 Å². The van der Waals surface area contributed by atoms with E-state index in [-0.39, 0.29) is 22.3 Å². The minimum atomic E-state index is -0.694. The van der Waals surface area contributed by atoms with Crippen LogP contribution in [0, 0.1) is 5.92 Å². The maximum atomic E-state index is 12.8. The fourth-order valence-corrected chi connectivity index (χ4v) is 3.45. The number of aromatic hydroxyl groups is 1. The van der Waals surface area contributed by atoms with Gasteiger partial charge in [-0.15, -0.1) is 0 Å². The van der Waals surface area contributed by atoms with Crippen LogP contribution in [-0.4, -0.2) is 44.1 Å². The van der Waals surface area contributed by atoms with Crippen molar-refractivity contribution in [1.29, 1.82) is 0 Å². The Kier molecular flexibility index (Phi) is 8.49. The van der Waals surface area contributed by atoms with E-state index >= 15 is 0 Å². The van der Waals surface area contributed by atoms with Gasteiger partial charge < -0.3 is 15.2 Å². The number of nitrogens with zero attached hydrogens (tertiary/aromatic N) is 3. The van der Waals surface area contributed by atoms with Crippen molar-refractivity contribution in [2.75, 3.05) is 18.9 Å². The summed E-state index contributed by atoms with van der Waals surface area (Å²) in [4.78, 5) is 41.6. The molecule has 10 heteroatoms. The van der Waals surface area contributed by atoms with Crippen LogP contribution in [0.4, 0.5) is 5.69 Å². The number of carbonyl (C=O) groups is 1. The molecule has 2 aromatic rings. The molecule has 0 aliphatic carbocycles. The summed E-state index contributed by atoms with van der Waals surface area (Å²) in [6.45, 7) is 6.90. The Morgan fingerprint density at radius 1 is 1.19 bits per heavy atom. The van der Waals surface area contributed by atoms with Crippen LogP contribution < -0.4 is 21.3 Å². The summed E-state index contributed by atoms with van der Waals surface area (Å²) < 4.78 is 7.27. The second kappa shape index (κ2) is 10.9. The number of nitrogens with one attached hydrogen (secondary N) is 1. The number of thioether (sulfide) groups is 1. The van der Waals surface area contributed by atoms with E-state index in [0.717, 1.165) is 20.9 Å². The van der Waals surface area contributed by atoms with Gasteiger partial charge in [0, 0.05) is 20.6 Å². The quantitative estimate of drug-likeness (QED) is 0.470. The molecule has 0 aliphatic rings. The van der Waals surface area contributed by atoms with Crippen LogP contribution in [0.2, 0.25) is 0 Å². The van der Waals surface area contributed by atoms with Crippen molar-refractivity contribution in [3.05, 3.63) is 50.7 Å². The zero-order valence-corrected chi connectivity index (χ0v) is 19.2. The Labute approximate surface area is 184 Å². The summed E-state index contributed by atoms with van der Waals surface area (Å²) in [6.07, 6.45) is 0. The van der Waals surface area contributed by atoms with Crippen LogP contribution in [0.25, 0.3) is 0 Å². The number of hydrogen-bond donors (Lipinski definition) is 2. The fourth-order valence-electron chi connectivity index (χ4n) is 2.58. The van der Waals surface area contributed by atoms with E-state index < -0.39 is 17.1 Å². The van der Waals surface area contributed by atoms with E-state index in [1.165, 1.54) is 14.1 Å². The van der Waals surface area contributed by atoms with Gasteiger partial charge in [0.15, 0.2) is 0 Å².